The van der Waals surface area contributed by atoms with Crippen LogP contribution in [0.3, 0.4) is 0 Å². The Balaban J connectivity index is 1.01. The third-order valence-corrected chi connectivity index (χ3v) is 12.8. The quantitative estimate of drug-likeness (QED) is 0.0978. The largest absolute Gasteiger partial charge is 0.380 e. The number of halogens is 1. The number of fused-ring (bicyclic) bond motifs is 1. The lowest BCUT2D eigenvalue weighted by Crippen LogP contribution is -2.46. The smallest absolute Gasteiger partial charge is 0.263 e. The molecule has 6 aromatic rings. The fourth-order valence-electron chi connectivity index (χ4n) is 6.96. The van der Waals surface area contributed by atoms with Crippen LogP contribution in [0, 0.1) is 11.3 Å². The highest BCUT2D eigenvalue weighted by molar-refractivity contribution is 7.99. The van der Waals surface area contributed by atoms with E-state index in [4.69, 9.17) is 11.6 Å². The number of sulfonamides is 1. The second-order valence-corrected chi connectivity index (χ2v) is 17.5. The number of anilines is 3. The number of nitrogens with one attached hydrogen (secondary N) is 2. The molecule has 292 valence electrons. The van der Waals surface area contributed by atoms with Gasteiger partial charge in [0, 0.05) is 65.5 Å². The highest BCUT2D eigenvalue weighted by Crippen LogP contribution is 2.31. The van der Waals surface area contributed by atoms with Gasteiger partial charge in [0.1, 0.15) is 12.4 Å². The van der Waals surface area contributed by atoms with Crippen molar-refractivity contribution in [3.05, 3.63) is 138 Å². The first-order chi connectivity index (χ1) is 27.6. The molecule has 0 aliphatic carbocycles. The standard InChI is InChI=1S/C44H45ClN8O2S2/c1-51(2)20-19-36(30-56-38-11-7-4-8-12-38)49-42-18-15-39(26-33(42)28-46)57(54,55)50-44-41-17-14-37(27-43(41)47-31-48-44)53-23-21-52(22-24-53)29-34-25-35(45)13-16-40(34)32-9-5-3-6-10-32/h3-18,25-27,31,36,49H,19-24,29-30H2,1-2H3,(H,47,48,50). The van der Waals surface area contributed by atoms with Gasteiger partial charge in [-0.2, -0.15) is 5.26 Å². The maximum Gasteiger partial charge on any atom is 0.263 e. The molecular formula is C44H45ClN8O2S2. The molecule has 1 unspecified atom stereocenters. The van der Waals surface area contributed by atoms with Gasteiger partial charge in [0.25, 0.3) is 10.0 Å². The summed E-state index contributed by atoms with van der Waals surface area (Å²) in [4.78, 5) is 16.8. The summed E-state index contributed by atoms with van der Waals surface area (Å²) in [6.07, 6.45) is 2.21. The van der Waals surface area contributed by atoms with E-state index in [0.29, 0.717) is 16.6 Å². The van der Waals surface area contributed by atoms with Crippen LogP contribution in [-0.2, 0) is 16.6 Å². The van der Waals surface area contributed by atoms with Crippen LogP contribution in [0.2, 0.25) is 5.02 Å². The SMILES string of the molecule is CN(C)CCC(CSc1ccccc1)Nc1ccc(S(=O)(=O)Nc2ncnc3cc(N4CCN(Cc5cc(Cl)ccc5-c5ccccc5)CC4)ccc23)cc1C#N. The fourth-order valence-corrected chi connectivity index (χ4v) is 9.20. The van der Waals surface area contributed by atoms with E-state index in [1.807, 2.05) is 62.6 Å². The van der Waals surface area contributed by atoms with Gasteiger partial charge in [-0.15, -0.1) is 11.8 Å². The summed E-state index contributed by atoms with van der Waals surface area (Å²) < 4.78 is 30.2. The number of nitriles is 1. The van der Waals surface area contributed by atoms with Crippen molar-refractivity contribution in [2.45, 2.75) is 28.8 Å². The molecule has 57 heavy (non-hydrogen) atoms. The van der Waals surface area contributed by atoms with Gasteiger partial charge in [-0.05, 0) is 104 Å². The number of benzene rings is 5. The van der Waals surface area contributed by atoms with Crippen molar-refractivity contribution in [3.8, 4) is 17.2 Å². The summed E-state index contributed by atoms with van der Waals surface area (Å²) >= 11 is 8.17. The van der Waals surface area contributed by atoms with Crippen molar-refractivity contribution in [3.63, 3.8) is 0 Å². The molecule has 1 aliphatic rings. The third kappa shape index (κ3) is 10.2. The summed E-state index contributed by atoms with van der Waals surface area (Å²) in [5.74, 6) is 0.956. The molecule has 0 amide bonds. The number of piperazine rings is 1. The van der Waals surface area contributed by atoms with E-state index in [1.54, 1.807) is 17.8 Å². The summed E-state index contributed by atoms with van der Waals surface area (Å²) in [7, 11) is -0.0307. The van der Waals surface area contributed by atoms with Crippen LogP contribution in [0.5, 0.6) is 0 Å². The number of thioether (sulfide) groups is 1. The van der Waals surface area contributed by atoms with Crippen molar-refractivity contribution in [1.29, 1.82) is 5.26 Å². The van der Waals surface area contributed by atoms with Gasteiger partial charge >= 0.3 is 0 Å². The van der Waals surface area contributed by atoms with Gasteiger partial charge in [0.2, 0.25) is 0 Å². The molecule has 0 spiro atoms. The molecule has 1 atom stereocenters. The summed E-state index contributed by atoms with van der Waals surface area (Å²) in [6.45, 7) is 5.05. The number of rotatable bonds is 15. The van der Waals surface area contributed by atoms with Crippen molar-refractivity contribution < 1.29 is 8.42 Å². The van der Waals surface area contributed by atoms with E-state index in [9.17, 15) is 13.7 Å². The Morgan fingerprint density at radius 3 is 2.39 bits per heavy atom. The van der Waals surface area contributed by atoms with Crippen LogP contribution >= 0.6 is 23.4 Å². The van der Waals surface area contributed by atoms with E-state index < -0.39 is 10.0 Å². The molecule has 0 bridgehead atoms. The molecule has 1 fully saturated rings. The van der Waals surface area contributed by atoms with Crippen LogP contribution in [0.15, 0.2) is 131 Å². The van der Waals surface area contributed by atoms with Gasteiger partial charge < -0.3 is 15.1 Å². The third-order valence-electron chi connectivity index (χ3n) is 10.0. The second-order valence-electron chi connectivity index (χ2n) is 14.3. The number of aromatic nitrogens is 2. The first-order valence-corrected chi connectivity index (χ1v) is 21.7. The van der Waals surface area contributed by atoms with Crippen LogP contribution in [0.4, 0.5) is 17.2 Å². The minimum atomic E-state index is -4.09. The van der Waals surface area contributed by atoms with Crippen LogP contribution in [0.25, 0.3) is 22.0 Å². The van der Waals surface area contributed by atoms with Gasteiger partial charge in [0.15, 0.2) is 5.82 Å². The Bertz CT molecular complexity index is 2460. The van der Waals surface area contributed by atoms with Gasteiger partial charge in [-0.1, -0.05) is 66.2 Å². The molecular weight excluding hydrogens is 772 g/mol. The van der Waals surface area contributed by atoms with Gasteiger partial charge in [-0.3, -0.25) is 9.62 Å². The lowest BCUT2D eigenvalue weighted by atomic mass is 9.99. The molecule has 13 heteroatoms. The van der Waals surface area contributed by atoms with Gasteiger partial charge in [0.05, 0.1) is 21.7 Å². The number of hydrogen-bond acceptors (Lipinski definition) is 10. The lowest BCUT2D eigenvalue weighted by molar-refractivity contribution is 0.250. The van der Waals surface area contributed by atoms with Crippen molar-refractivity contribution in [2.75, 3.05) is 67.5 Å². The lowest BCUT2D eigenvalue weighted by Gasteiger charge is -2.36. The zero-order valence-electron chi connectivity index (χ0n) is 32.0. The van der Waals surface area contributed by atoms with Crippen LogP contribution < -0.4 is 14.9 Å². The monoisotopic (exact) mass is 816 g/mol. The summed E-state index contributed by atoms with van der Waals surface area (Å²) in [5, 5.41) is 14.9. The Morgan fingerprint density at radius 2 is 1.65 bits per heavy atom. The molecule has 2 heterocycles. The molecule has 10 nitrogen and oxygen atoms in total. The van der Waals surface area contributed by atoms with Crippen molar-refractivity contribution >= 4 is 61.5 Å². The minimum absolute atomic E-state index is 0.0250. The predicted molar refractivity (Wildman–Crippen MR) is 234 cm³/mol. The highest BCUT2D eigenvalue weighted by Gasteiger charge is 2.22. The average molecular weight is 817 g/mol. The first kappa shape index (κ1) is 40.1. The Morgan fingerprint density at radius 1 is 0.895 bits per heavy atom. The van der Waals surface area contributed by atoms with E-state index in [0.717, 1.165) is 67.0 Å². The summed E-state index contributed by atoms with van der Waals surface area (Å²) in [5.41, 5.74) is 6.05. The molecule has 7 rings (SSSR count). The second kappa shape index (κ2) is 18.4. The maximum atomic E-state index is 13.7. The topological polar surface area (TPSA) is 117 Å². The Labute approximate surface area is 344 Å². The van der Waals surface area contributed by atoms with E-state index in [1.165, 1.54) is 35.2 Å². The predicted octanol–water partition coefficient (Wildman–Crippen LogP) is 8.47. The molecule has 1 saturated heterocycles. The molecule has 1 aromatic heterocycles. The van der Waals surface area contributed by atoms with Crippen LogP contribution in [-0.4, -0.2) is 86.8 Å². The zero-order valence-corrected chi connectivity index (χ0v) is 34.4. The first-order valence-electron chi connectivity index (χ1n) is 18.9. The van der Waals surface area contributed by atoms with Crippen molar-refractivity contribution in [2.24, 2.45) is 0 Å². The molecule has 2 N–H and O–H groups in total. The molecule has 5 aromatic carbocycles. The minimum Gasteiger partial charge on any atom is -0.380 e. The molecule has 1 aliphatic heterocycles. The highest BCUT2D eigenvalue weighted by atomic mass is 35.5. The maximum absolute atomic E-state index is 13.7. The average Bonchev–Trinajstić information content (AvgIpc) is 3.22. The molecule has 0 radical (unpaired) electrons. The van der Waals surface area contributed by atoms with Crippen molar-refractivity contribution in [1.82, 2.24) is 19.8 Å². The Kier molecular flexibility index (Phi) is 12.9. The van der Waals surface area contributed by atoms with Crippen LogP contribution in [0.1, 0.15) is 17.5 Å². The Hall–Kier alpha value is -5.16. The number of hydrogen-bond donors (Lipinski definition) is 2. The molecule has 0 saturated carbocycles. The fraction of sp³-hybridized carbons (Fsp3) is 0.250. The summed E-state index contributed by atoms with van der Waals surface area (Å²) in [6, 6.07) is 39.4. The van der Waals surface area contributed by atoms with E-state index in [-0.39, 0.29) is 22.3 Å². The zero-order chi connectivity index (χ0) is 39.8. The van der Waals surface area contributed by atoms with E-state index in [2.05, 4.69) is 89.3 Å². The van der Waals surface area contributed by atoms with E-state index >= 15 is 0 Å². The van der Waals surface area contributed by atoms with Gasteiger partial charge in [-0.25, -0.2) is 18.4 Å². The normalized spacial score (nSPS) is 14.1. The number of nitrogens with zero attached hydrogens (tertiary/aromatic N) is 6.